The summed E-state index contributed by atoms with van der Waals surface area (Å²) in [6, 6.07) is 15.4. The maximum atomic E-state index is 13.6. The molecular weight excluding hydrogens is 553 g/mol. The number of alkyl halides is 3. The molecule has 0 aliphatic heterocycles. The van der Waals surface area contributed by atoms with Crippen LogP contribution in [0, 0.1) is 13.8 Å². The summed E-state index contributed by atoms with van der Waals surface area (Å²) < 4.78 is 72.8. The number of sulfone groups is 1. The quantitative estimate of drug-likeness (QED) is 0.212. The Morgan fingerprint density at radius 1 is 0.951 bits per heavy atom. The van der Waals surface area contributed by atoms with Crippen molar-refractivity contribution in [3.8, 4) is 39.4 Å². The SMILES string of the molecule is Cc1nc(-c2cc(-c3cccc(S(C)(=O)=O)c3)ccc2-n2cc(C(F)(F)F)nc2C)c(-c2cccnc2C2CC2)o1. The number of aromatic nitrogens is 4. The van der Waals surface area contributed by atoms with Crippen LogP contribution >= 0.6 is 0 Å². The Kier molecular flexibility index (Phi) is 6.37. The fourth-order valence-corrected chi connectivity index (χ4v) is 5.63. The van der Waals surface area contributed by atoms with E-state index in [0.29, 0.717) is 45.6 Å². The molecule has 41 heavy (non-hydrogen) atoms. The second kappa shape index (κ2) is 9.69. The van der Waals surface area contributed by atoms with Crippen LogP contribution in [-0.4, -0.2) is 34.2 Å². The zero-order chi connectivity index (χ0) is 29.1. The Hall–Kier alpha value is -4.25. The van der Waals surface area contributed by atoms with Crippen molar-refractivity contribution in [1.29, 1.82) is 0 Å². The number of rotatable bonds is 6. The van der Waals surface area contributed by atoms with Gasteiger partial charge in [0.1, 0.15) is 11.5 Å². The number of oxazole rings is 1. The van der Waals surface area contributed by atoms with E-state index in [4.69, 9.17) is 9.40 Å². The van der Waals surface area contributed by atoms with Gasteiger partial charge in [0.25, 0.3) is 0 Å². The van der Waals surface area contributed by atoms with E-state index in [9.17, 15) is 21.6 Å². The number of halogens is 3. The van der Waals surface area contributed by atoms with Crippen LogP contribution in [0.5, 0.6) is 0 Å². The van der Waals surface area contributed by atoms with Crippen LogP contribution in [0.3, 0.4) is 0 Å². The third kappa shape index (κ3) is 5.17. The molecule has 0 spiro atoms. The van der Waals surface area contributed by atoms with Gasteiger partial charge in [-0.05, 0) is 67.3 Å². The molecule has 0 unspecified atom stereocenters. The number of hydrogen-bond donors (Lipinski definition) is 0. The molecule has 1 aliphatic carbocycles. The van der Waals surface area contributed by atoms with Crippen molar-refractivity contribution in [2.75, 3.05) is 6.26 Å². The van der Waals surface area contributed by atoms with Gasteiger partial charge in [-0.2, -0.15) is 13.2 Å². The van der Waals surface area contributed by atoms with Crippen molar-refractivity contribution in [1.82, 2.24) is 19.5 Å². The first-order valence-electron chi connectivity index (χ1n) is 12.9. The molecular formula is C30H25F3N4O3S. The number of benzene rings is 2. The molecule has 11 heteroatoms. The number of hydrogen-bond acceptors (Lipinski definition) is 6. The van der Waals surface area contributed by atoms with Crippen molar-refractivity contribution in [2.45, 2.75) is 43.7 Å². The molecule has 1 fully saturated rings. The van der Waals surface area contributed by atoms with Crippen molar-refractivity contribution in [2.24, 2.45) is 0 Å². The zero-order valence-electron chi connectivity index (χ0n) is 22.4. The van der Waals surface area contributed by atoms with Crippen LogP contribution in [0.15, 0.2) is 76.3 Å². The summed E-state index contributed by atoms with van der Waals surface area (Å²) in [7, 11) is -3.46. The molecule has 7 nitrogen and oxygen atoms in total. The summed E-state index contributed by atoms with van der Waals surface area (Å²) in [5.41, 5.74) is 3.30. The van der Waals surface area contributed by atoms with Gasteiger partial charge in [0, 0.05) is 42.6 Å². The molecule has 0 amide bonds. The van der Waals surface area contributed by atoms with Gasteiger partial charge in [-0.25, -0.2) is 18.4 Å². The van der Waals surface area contributed by atoms with Crippen molar-refractivity contribution in [3.63, 3.8) is 0 Å². The summed E-state index contributed by atoms with van der Waals surface area (Å²) in [5, 5.41) is 0. The number of pyridine rings is 1. The number of imidazole rings is 1. The van der Waals surface area contributed by atoms with Gasteiger partial charge in [-0.3, -0.25) is 4.98 Å². The minimum atomic E-state index is -4.62. The van der Waals surface area contributed by atoms with Gasteiger partial charge in [0.15, 0.2) is 27.2 Å². The average molecular weight is 579 g/mol. The third-order valence-corrected chi connectivity index (χ3v) is 8.17. The predicted molar refractivity (Wildman–Crippen MR) is 147 cm³/mol. The monoisotopic (exact) mass is 578 g/mol. The summed E-state index contributed by atoms with van der Waals surface area (Å²) in [5.74, 6) is 1.30. The van der Waals surface area contributed by atoms with Gasteiger partial charge in [-0.15, -0.1) is 0 Å². The lowest BCUT2D eigenvalue weighted by atomic mass is 9.97. The van der Waals surface area contributed by atoms with E-state index in [-0.39, 0.29) is 10.7 Å². The van der Waals surface area contributed by atoms with Crippen LogP contribution in [0.2, 0.25) is 0 Å². The van der Waals surface area contributed by atoms with Gasteiger partial charge in [-0.1, -0.05) is 18.2 Å². The van der Waals surface area contributed by atoms with Crippen molar-refractivity contribution >= 4 is 9.84 Å². The molecule has 1 saturated carbocycles. The predicted octanol–water partition coefficient (Wildman–Crippen LogP) is 7.17. The molecule has 3 aromatic heterocycles. The van der Waals surface area contributed by atoms with Gasteiger partial charge in [0.2, 0.25) is 0 Å². The second-order valence-corrected chi connectivity index (χ2v) is 12.2. The minimum absolute atomic E-state index is 0.146. The number of aryl methyl sites for hydroxylation is 2. The molecule has 5 aromatic rings. The molecule has 0 saturated heterocycles. The van der Waals surface area contributed by atoms with Crippen LogP contribution in [-0.2, 0) is 16.0 Å². The first-order chi connectivity index (χ1) is 19.4. The van der Waals surface area contributed by atoms with Crippen molar-refractivity contribution in [3.05, 3.63) is 90.1 Å². The Balaban J connectivity index is 1.60. The fourth-order valence-electron chi connectivity index (χ4n) is 4.96. The maximum Gasteiger partial charge on any atom is 0.434 e. The lowest BCUT2D eigenvalue weighted by molar-refractivity contribution is -0.141. The topological polar surface area (TPSA) is 90.9 Å². The van der Waals surface area contributed by atoms with Crippen molar-refractivity contribution < 1.29 is 26.0 Å². The first-order valence-corrected chi connectivity index (χ1v) is 14.8. The molecule has 0 bridgehead atoms. The van der Waals surface area contributed by atoms with Crippen LogP contribution < -0.4 is 0 Å². The minimum Gasteiger partial charge on any atom is -0.440 e. The van der Waals surface area contributed by atoms with E-state index < -0.39 is 21.7 Å². The lowest BCUT2D eigenvalue weighted by Crippen LogP contribution is -2.05. The van der Waals surface area contributed by atoms with Gasteiger partial charge in [0.05, 0.1) is 16.3 Å². The molecule has 1 aliphatic rings. The van der Waals surface area contributed by atoms with E-state index in [1.54, 1.807) is 49.5 Å². The molecule has 0 N–H and O–H groups in total. The normalized spacial score (nSPS) is 14.0. The standard InChI is InChI=1S/C30H25F3N4O3S/c1-17-35-26(30(31,32)33)16-37(17)25-12-11-21(20-6-4-7-22(14-20)41(3,38)39)15-24(25)28-29(40-18(2)36-28)23-8-5-13-34-27(23)19-9-10-19/h4-8,11-16,19H,9-10H2,1-3H3. The smallest absolute Gasteiger partial charge is 0.434 e. The van der Waals surface area contributed by atoms with Gasteiger partial charge >= 0.3 is 6.18 Å². The Bertz CT molecular complexity index is 1900. The average Bonchev–Trinajstić information content (AvgIpc) is 3.59. The summed E-state index contributed by atoms with van der Waals surface area (Å²) in [6.07, 6.45) is 1.23. The molecule has 6 rings (SSSR count). The van der Waals surface area contributed by atoms with E-state index in [0.717, 1.165) is 36.6 Å². The highest BCUT2D eigenvalue weighted by Gasteiger charge is 2.35. The summed E-state index contributed by atoms with van der Waals surface area (Å²) in [6.45, 7) is 3.22. The molecule has 0 atom stereocenters. The summed E-state index contributed by atoms with van der Waals surface area (Å²) >= 11 is 0. The lowest BCUT2D eigenvalue weighted by Gasteiger charge is -2.15. The Morgan fingerprint density at radius 2 is 1.71 bits per heavy atom. The van der Waals surface area contributed by atoms with Crippen LogP contribution in [0.1, 0.15) is 41.9 Å². The molecule has 3 heterocycles. The highest BCUT2D eigenvalue weighted by Crippen LogP contribution is 2.46. The maximum absolute atomic E-state index is 13.6. The third-order valence-electron chi connectivity index (χ3n) is 7.06. The molecule has 2 aromatic carbocycles. The fraction of sp³-hybridized carbons (Fsp3) is 0.233. The highest BCUT2D eigenvalue weighted by molar-refractivity contribution is 7.90. The van der Waals surface area contributed by atoms with E-state index >= 15 is 0 Å². The van der Waals surface area contributed by atoms with E-state index in [1.807, 2.05) is 12.1 Å². The first kappa shape index (κ1) is 26.9. The Morgan fingerprint density at radius 3 is 2.39 bits per heavy atom. The molecule has 210 valence electrons. The zero-order valence-corrected chi connectivity index (χ0v) is 23.2. The van der Waals surface area contributed by atoms with Gasteiger partial charge < -0.3 is 8.98 Å². The molecule has 0 radical (unpaired) electrons. The largest absolute Gasteiger partial charge is 0.440 e. The van der Waals surface area contributed by atoms with E-state index in [2.05, 4.69) is 9.97 Å². The highest BCUT2D eigenvalue weighted by atomic mass is 32.2. The summed E-state index contributed by atoms with van der Waals surface area (Å²) in [4.78, 5) is 13.2. The van der Waals surface area contributed by atoms with E-state index in [1.165, 1.54) is 17.6 Å². The van der Waals surface area contributed by atoms with Crippen LogP contribution in [0.4, 0.5) is 13.2 Å². The second-order valence-electron chi connectivity index (χ2n) is 10.2. The van der Waals surface area contributed by atoms with Crippen LogP contribution in [0.25, 0.3) is 39.4 Å². The number of nitrogens with zero attached hydrogens (tertiary/aromatic N) is 4. The Labute approximate surface area is 234 Å².